The molecular weight excluding hydrogens is 188 g/mol. The van der Waals surface area contributed by atoms with E-state index < -0.39 is 0 Å². The predicted molar refractivity (Wildman–Crippen MR) is 61.1 cm³/mol. The van der Waals surface area contributed by atoms with Crippen LogP contribution in [0.4, 0.5) is 0 Å². The Labute approximate surface area is 91.7 Å². The molecule has 0 saturated heterocycles. The molecule has 15 heavy (non-hydrogen) atoms. The molecule has 1 rings (SSSR count). The summed E-state index contributed by atoms with van der Waals surface area (Å²) >= 11 is 0. The molecule has 1 aromatic rings. The van der Waals surface area contributed by atoms with Gasteiger partial charge in [0.1, 0.15) is 5.76 Å². The van der Waals surface area contributed by atoms with Gasteiger partial charge in [-0.15, -0.1) is 0 Å². The lowest BCUT2D eigenvalue weighted by atomic mass is 9.96. The average Bonchev–Trinajstić information content (AvgIpc) is 2.74. The Balaban J connectivity index is 2.60. The van der Waals surface area contributed by atoms with E-state index in [9.17, 15) is 4.79 Å². The van der Waals surface area contributed by atoms with Crippen molar-refractivity contribution < 1.29 is 9.21 Å². The van der Waals surface area contributed by atoms with Crippen LogP contribution in [-0.2, 0) is 6.42 Å². The Kier molecular flexibility index (Phi) is 4.60. The zero-order valence-electron chi connectivity index (χ0n) is 9.88. The lowest BCUT2D eigenvalue weighted by molar-refractivity contribution is 0.0929. The first-order valence-electron chi connectivity index (χ1n) is 5.83. The topological polar surface area (TPSA) is 30.2 Å². The number of hydrogen-bond acceptors (Lipinski definition) is 2. The molecule has 0 amide bonds. The highest BCUT2D eigenvalue weighted by atomic mass is 16.3. The summed E-state index contributed by atoms with van der Waals surface area (Å²) in [7, 11) is 0. The van der Waals surface area contributed by atoms with Crippen LogP contribution in [-0.4, -0.2) is 5.78 Å². The standard InChI is InChI=1S/C13H20O2/c1-4-10(5-2)9-12(14)13-8-7-11(6-3)15-13/h7-8,10H,4-6,9H2,1-3H3. The molecule has 84 valence electrons. The van der Waals surface area contributed by atoms with Crippen LogP contribution in [0.15, 0.2) is 16.5 Å². The summed E-state index contributed by atoms with van der Waals surface area (Å²) < 4.78 is 5.43. The van der Waals surface area contributed by atoms with Crippen molar-refractivity contribution in [3.63, 3.8) is 0 Å². The molecule has 1 heterocycles. The van der Waals surface area contributed by atoms with E-state index in [-0.39, 0.29) is 5.78 Å². The first kappa shape index (κ1) is 12.0. The first-order chi connectivity index (χ1) is 7.21. The summed E-state index contributed by atoms with van der Waals surface area (Å²) in [5.41, 5.74) is 0. The molecule has 0 bridgehead atoms. The van der Waals surface area contributed by atoms with Gasteiger partial charge in [0.05, 0.1) is 0 Å². The number of ketones is 1. The van der Waals surface area contributed by atoms with Gasteiger partial charge in [-0.1, -0.05) is 33.6 Å². The number of carbonyl (C=O) groups excluding carboxylic acids is 1. The van der Waals surface area contributed by atoms with Crippen molar-refractivity contribution >= 4 is 5.78 Å². The summed E-state index contributed by atoms with van der Waals surface area (Å²) in [5.74, 6) is 2.05. The Morgan fingerprint density at radius 3 is 2.40 bits per heavy atom. The molecule has 0 aliphatic rings. The highest BCUT2D eigenvalue weighted by molar-refractivity contribution is 5.93. The third kappa shape index (κ3) is 3.22. The maximum absolute atomic E-state index is 11.8. The number of rotatable bonds is 6. The van der Waals surface area contributed by atoms with Crippen molar-refractivity contribution in [2.45, 2.75) is 46.5 Å². The van der Waals surface area contributed by atoms with E-state index in [1.807, 2.05) is 13.0 Å². The van der Waals surface area contributed by atoms with Crippen molar-refractivity contribution in [3.05, 3.63) is 23.7 Å². The van der Waals surface area contributed by atoms with Crippen molar-refractivity contribution in [1.29, 1.82) is 0 Å². The van der Waals surface area contributed by atoms with Crippen LogP contribution in [0, 0.1) is 5.92 Å². The van der Waals surface area contributed by atoms with E-state index in [1.54, 1.807) is 6.07 Å². The zero-order chi connectivity index (χ0) is 11.3. The van der Waals surface area contributed by atoms with Crippen molar-refractivity contribution in [2.24, 2.45) is 5.92 Å². The molecule has 0 N–H and O–H groups in total. The number of carbonyl (C=O) groups is 1. The lowest BCUT2D eigenvalue weighted by Gasteiger charge is -2.09. The summed E-state index contributed by atoms with van der Waals surface area (Å²) in [5, 5.41) is 0. The smallest absolute Gasteiger partial charge is 0.198 e. The second kappa shape index (κ2) is 5.74. The van der Waals surface area contributed by atoms with Gasteiger partial charge in [0.25, 0.3) is 0 Å². The Morgan fingerprint density at radius 2 is 1.93 bits per heavy atom. The SMILES string of the molecule is CCc1ccc(C(=O)CC(CC)CC)o1. The normalized spacial score (nSPS) is 10.9. The number of furan rings is 1. The molecule has 0 fully saturated rings. The quantitative estimate of drug-likeness (QED) is 0.665. The van der Waals surface area contributed by atoms with Crippen LogP contribution in [0.3, 0.4) is 0 Å². The number of aryl methyl sites for hydroxylation is 1. The molecule has 0 radical (unpaired) electrons. The Hall–Kier alpha value is -1.05. The first-order valence-corrected chi connectivity index (χ1v) is 5.83. The molecule has 0 unspecified atom stereocenters. The molecule has 0 spiro atoms. The van der Waals surface area contributed by atoms with E-state index in [0.29, 0.717) is 18.1 Å². The third-order valence-electron chi connectivity index (χ3n) is 2.91. The fraction of sp³-hybridized carbons (Fsp3) is 0.615. The minimum absolute atomic E-state index is 0.142. The maximum atomic E-state index is 11.8. The van der Waals surface area contributed by atoms with Crippen LogP contribution in [0.1, 0.15) is 56.3 Å². The summed E-state index contributed by atoms with van der Waals surface area (Å²) in [6, 6.07) is 3.68. The molecular formula is C13H20O2. The van der Waals surface area contributed by atoms with Gasteiger partial charge in [-0.3, -0.25) is 4.79 Å². The van der Waals surface area contributed by atoms with E-state index in [2.05, 4.69) is 13.8 Å². The lowest BCUT2D eigenvalue weighted by Crippen LogP contribution is -2.06. The van der Waals surface area contributed by atoms with Gasteiger partial charge in [-0.2, -0.15) is 0 Å². The second-order valence-corrected chi connectivity index (χ2v) is 3.93. The minimum Gasteiger partial charge on any atom is -0.458 e. The van der Waals surface area contributed by atoms with E-state index in [4.69, 9.17) is 4.42 Å². The summed E-state index contributed by atoms with van der Waals surface area (Å²) in [6.07, 6.45) is 3.58. The fourth-order valence-electron chi connectivity index (χ4n) is 1.66. The molecule has 2 nitrogen and oxygen atoms in total. The van der Waals surface area contributed by atoms with E-state index in [0.717, 1.165) is 25.0 Å². The van der Waals surface area contributed by atoms with Crippen molar-refractivity contribution in [2.75, 3.05) is 0 Å². The third-order valence-corrected chi connectivity index (χ3v) is 2.91. The zero-order valence-corrected chi connectivity index (χ0v) is 9.88. The molecule has 0 atom stereocenters. The second-order valence-electron chi connectivity index (χ2n) is 3.93. The van der Waals surface area contributed by atoms with Gasteiger partial charge < -0.3 is 4.42 Å². The minimum atomic E-state index is 0.142. The molecule has 0 aromatic carbocycles. The number of Topliss-reactive ketones (excluding diaryl/α,β-unsaturated/α-hetero) is 1. The summed E-state index contributed by atoms with van der Waals surface area (Å²) in [6.45, 7) is 6.27. The van der Waals surface area contributed by atoms with E-state index >= 15 is 0 Å². The molecule has 0 aliphatic heterocycles. The molecule has 2 heteroatoms. The van der Waals surface area contributed by atoms with Gasteiger partial charge >= 0.3 is 0 Å². The van der Waals surface area contributed by atoms with Crippen molar-refractivity contribution in [1.82, 2.24) is 0 Å². The molecule has 0 saturated carbocycles. The van der Waals surface area contributed by atoms with Gasteiger partial charge in [-0.25, -0.2) is 0 Å². The summed E-state index contributed by atoms with van der Waals surface area (Å²) in [4.78, 5) is 11.8. The van der Waals surface area contributed by atoms with Crippen LogP contribution < -0.4 is 0 Å². The predicted octanol–water partition coefficient (Wildman–Crippen LogP) is 3.85. The van der Waals surface area contributed by atoms with E-state index in [1.165, 1.54) is 0 Å². The van der Waals surface area contributed by atoms with Gasteiger partial charge in [0.15, 0.2) is 11.5 Å². The number of hydrogen-bond donors (Lipinski definition) is 0. The average molecular weight is 208 g/mol. The van der Waals surface area contributed by atoms with Crippen LogP contribution >= 0.6 is 0 Å². The van der Waals surface area contributed by atoms with Gasteiger partial charge in [0.2, 0.25) is 0 Å². The highest BCUT2D eigenvalue weighted by Crippen LogP contribution is 2.18. The van der Waals surface area contributed by atoms with Crippen molar-refractivity contribution in [3.8, 4) is 0 Å². The van der Waals surface area contributed by atoms with Crippen LogP contribution in [0.2, 0.25) is 0 Å². The monoisotopic (exact) mass is 208 g/mol. The van der Waals surface area contributed by atoms with Gasteiger partial charge in [-0.05, 0) is 18.1 Å². The molecule has 0 aliphatic carbocycles. The van der Waals surface area contributed by atoms with Crippen LogP contribution in [0.5, 0.6) is 0 Å². The largest absolute Gasteiger partial charge is 0.458 e. The maximum Gasteiger partial charge on any atom is 0.198 e. The van der Waals surface area contributed by atoms with Gasteiger partial charge in [0, 0.05) is 12.8 Å². The Morgan fingerprint density at radius 1 is 1.27 bits per heavy atom. The Bertz CT molecular complexity index is 308. The molecule has 1 aromatic heterocycles. The van der Waals surface area contributed by atoms with Crippen LogP contribution in [0.25, 0.3) is 0 Å². The fourth-order valence-corrected chi connectivity index (χ4v) is 1.66. The highest BCUT2D eigenvalue weighted by Gasteiger charge is 2.15.